The summed E-state index contributed by atoms with van der Waals surface area (Å²) in [6.45, 7) is 3.15. The van der Waals surface area contributed by atoms with Gasteiger partial charge in [-0.25, -0.2) is 0 Å². The standard InChI is InChI=1S/C14H15N3O4/c1-8(14(19)20)9(2)16-13(18)11-6-12(21-17-11)10-4-3-5-15-7-10/h3-9H,1-2H3,(H,16,18)(H,19,20). The maximum absolute atomic E-state index is 12.0. The van der Waals surface area contributed by atoms with Crippen molar-refractivity contribution in [1.29, 1.82) is 0 Å². The van der Waals surface area contributed by atoms with Crippen LogP contribution in [-0.2, 0) is 4.79 Å². The lowest BCUT2D eigenvalue weighted by molar-refractivity contribution is -0.141. The van der Waals surface area contributed by atoms with E-state index in [-0.39, 0.29) is 5.69 Å². The number of hydrogen-bond acceptors (Lipinski definition) is 5. The summed E-state index contributed by atoms with van der Waals surface area (Å²) in [5.74, 6) is -1.72. The van der Waals surface area contributed by atoms with Gasteiger partial charge < -0.3 is 14.9 Å². The highest BCUT2D eigenvalue weighted by Gasteiger charge is 2.23. The van der Waals surface area contributed by atoms with Crippen molar-refractivity contribution >= 4 is 11.9 Å². The number of rotatable bonds is 5. The predicted molar refractivity (Wildman–Crippen MR) is 73.5 cm³/mol. The molecule has 21 heavy (non-hydrogen) atoms. The molecule has 2 atom stereocenters. The molecule has 0 fully saturated rings. The molecule has 2 N–H and O–H groups in total. The largest absolute Gasteiger partial charge is 0.481 e. The Labute approximate surface area is 121 Å². The van der Waals surface area contributed by atoms with Crippen LogP contribution in [0.1, 0.15) is 24.3 Å². The van der Waals surface area contributed by atoms with Crippen LogP contribution in [-0.4, -0.2) is 33.2 Å². The fourth-order valence-corrected chi connectivity index (χ4v) is 1.65. The fourth-order valence-electron chi connectivity index (χ4n) is 1.65. The van der Waals surface area contributed by atoms with Crippen molar-refractivity contribution < 1.29 is 19.2 Å². The number of nitrogens with zero attached hydrogens (tertiary/aromatic N) is 2. The van der Waals surface area contributed by atoms with Gasteiger partial charge in [-0.3, -0.25) is 14.6 Å². The number of carboxylic acids is 1. The Bertz CT molecular complexity index is 639. The van der Waals surface area contributed by atoms with Crippen LogP contribution in [0.25, 0.3) is 11.3 Å². The molecule has 0 aliphatic heterocycles. The van der Waals surface area contributed by atoms with E-state index in [0.29, 0.717) is 11.3 Å². The molecule has 0 saturated heterocycles. The topological polar surface area (TPSA) is 105 Å². The highest BCUT2D eigenvalue weighted by molar-refractivity contribution is 5.93. The lowest BCUT2D eigenvalue weighted by Crippen LogP contribution is -2.40. The van der Waals surface area contributed by atoms with E-state index in [2.05, 4.69) is 15.5 Å². The summed E-state index contributed by atoms with van der Waals surface area (Å²) in [4.78, 5) is 26.8. The summed E-state index contributed by atoms with van der Waals surface area (Å²) in [5.41, 5.74) is 0.800. The van der Waals surface area contributed by atoms with Crippen molar-refractivity contribution in [3.05, 3.63) is 36.3 Å². The van der Waals surface area contributed by atoms with Crippen LogP contribution < -0.4 is 5.32 Å². The van der Waals surface area contributed by atoms with E-state index in [1.807, 2.05) is 0 Å². The highest BCUT2D eigenvalue weighted by Crippen LogP contribution is 2.18. The average molecular weight is 289 g/mol. The molecule has 2 aromatic rings. The van der Waals surface area contributed by atoms with E-state index in [9.17, 15) is 9.59 Å². The van der Waals surface area contributed by atoms with Gasteiger partial charge in [0.25, 0.3) is 5.91 Å². The van der Waals surface area contributed by atoms with Crippen molar-refractivity contribution in [2.75, 3.05) is 0 Å². The third kappa shape index (κ3) is 3.44. The van der Waals surface area contributed by atoms with Crippen molar-refractivity contribution in [3.8, 4) is 11.3 Å². The van der Waals surface area contributed by atoms with E-state index < -0.39 is 23.8 Å². The van der Waals surface area contributed by atoms with Gasteiger partial charge in [0, 0.05) is 30.1 Å². The monoisotopic (exact) mass is 289 g/mol. The van der Waals surface area contributed by atoms with Crippen LogP contribution in [0.5, 0.6) is 0 Å². The van der Waals surface area contributed by atoms with Crippen LogP contribution in [0.2, 0.25) is 0 Å². The molecule has 7 heteroatoms. The first kappa shape index (κ1) is 14.7. The van der Waals surface area contributed by atoms with Crippen LogP contribution in [0, 0.1) is 5.92 Å². The quantitative estimate of drug-likeness (QED) is 0.865. The maximum atomic E-state index is 12.0. The van der Waals surface area contributed by atoms with Crippen molar-refractivity contribution in [1.82, 2.24) is 15.5 Å². The Balaban J connectivity index is 2.08. The number of hydrogen-bond donors (Lipinski definition) is 2. The number of amides is 1. The Morgan fingerprint density at radius 1 is 1.38 bits per heavy atom. The van der Waals surface area contributed by atoms with Crippen molar-refractivity contribution in [2.24, 2.45) is 5.92 Å². The van der Waals surface area contributed by atoms with Crippen LogP contribution in [0.3, 0.4) is 0 Å². The van der Waals surface area contributed by atoms with Gasteiger partial charge in [-0.15, -0.1) is 0 Å². The number of carbonyl (C=O) groups excluding carboxylic acids is 1. The van der Waals surface area contributed by atoms with Gasteiger partial charge in [0.2, 0.25) is 0 Å². The number of aliphatic carboxylic acids is 1. The average Bonchev–Trinajstić information content (AvgIpc) is 2.97. The zero-order valence-electron chi connectivity index (χ0n) is 11.6. The smallest absolute Gasteiger partial charge is 0.308 e. The van der Waals surface area contributed by atoms with E-state index in [0.717, 1.165) is 0 Å². The van der Waals surface area contributed by atoms with Gasteiger partial charge in [0.1, 0.15) is 0 Å². The molecule has 0 aliphatic rings. The molecule has 2 heterocycles. The molecule has 7 nitrogen and oxygen atoms in total. The Morgan fingerprint density at radius 2 is 2.14 bits per heavy atom. The molecule has 0 bridgehead atoms. The highest BCUT2D eigenvalue weighted by atomic mass is 16.5. The molecule has 0 spiro atoms. The molecular weight excluding hydrogens is 274 g/mol. The summed E-state index contributed by atoms with van der Waals surface area (Å²) in [6, 6.07) is 4.50. The minimum absolute atomic E-state index is 0.0956. The lowest BCUT2D eigenvalue weighted by atomic mass is 10.0. The molecule has 0 radical (unpaired) electrons. The van der Waals surface area contributed by atoms with Crippen molar-refractivity contribution in [3.63, 3.8) is 0 Å². The van der Waals surface area contributed by atoms with E-state index >= 15 is 0 Å². The summed E-state index contributed by atoms with van der Waals surface area (Å²) in [6.07, 6.45) is 3.22. The number of pyridine rings is 1. The molecule has 110 valence electrons. The van der Waals surface area contributed by atoms with E-state index in [4.69, 9.17) is 9.63 Å². The first-order valence-electron chi connectivity index (χ1n) is 6.40. The Morgan fingerprint density at radius 3 is 2.76 bits per heavy atom. The minimum Gasteiger partial charge on any atom is -0.481 e. The summed E-state index contributed by atoms with van der Waals surface area (Å²) in [5, 5.41) is 15.2. The Hall–Kier alpha value is -2.70. The number of carboxylic acid groups (broad SMARTS) is 1. The van der Waals surface area contributed by atoms with Gasteiger partial charge in [-0.05, 0) is 26.0 Å². The van der Waals surface area contributed by atoms with E-state index in [1.54, 1.807) is 31.5 Å². The van der Waals surface area contributed by atoms with Gasteiger partial charge in [0.15, 0.2) is 11.5 Å². The second-order valence-electron chi connectivity index (χ2n) is 4.71. The van der Waals surface area contributed by atoms with Crippen LogP contribution in [0.4, 0.5) is 0 Å². The van der Waals surface area contributed by atoms with Gasteiger partial charge in [-0.2, -0.15) is 0 Å². The molecule has 0 aromatic carbocycles. The SMILES string of the molecule is CC(NC(=O)c1cc(-c2cccnc2)on1)C(C)C(=O)O. The zero-order valence-corrected chi connectivity index (χ0v) is 11.6. The normalized spacial score (nSPS) is 13.4. The molecule has 0 aliphatic carbocycles. The summed E-state index contributed by atoms with van der Waals surface area (Å²) >= 11 is 0. The molecule has 2 aromatic heterocycles. The van der Waals surface area contributed by atoms with Gasteiger partial charge >= 0.3 is 5.97 Å². The minimum atomic E-state index is -0.973. The third-order valence-electron chi connectivity index (χ3n) is 3.19. The van der Waals surface area contributed by atoms with Crippen LogP contribution in [0.15, 0.2) is 35.1 Å². The second kappa shape index (κ2) is 6.17. The van der Waals surface area contributed by atoms with Crippen molar-refractivity contribution in [2.45, 2.75) is 19.9 Å². The molecule has 1 amide bonds. The molecule has 0 saturated carbocycles. The van der Waals surface area contributed by atoms with Crippen LogP contribution >= 0.6 is 0 Å². The van der Waals surface area contributed by atoms with Gasteiger partial charge in [0.05, 0.1) is 5.92 Å². The zero-order chi connectivity index (χ0) is 15.4. The number of nitrogens with one attached hydrogen (secondary N) is 1. The second-order valence-corrected chi connectivity index (χ2v) is 4.71. The lowest BCUT2D eigenvalue weighted by Gasteiger charge is -2.16. The Kier molecular flexibility index (Phi) is 4.32. The maximum Gasteiger partial charge on any atom is 0.308 e. The molecule has 2 rings (SSSR count). The first-order chi connectivity index (χ1) is 9.99. The number of aromatic nitrogens is 2. The number of carbonyl (C=O) groups is 2. The summed E-state index contributed by atoms with van der Waals surface area (Å²) < 4.78 is 5.09. The molecule has 2 unspecified atom stereocenters. The van der Waals surface area contributed by atoms with Gasteiger partial charge in [-0.1, -0.05) is 5.16 Å². The predicted octanol–water partition coefficient (Wildman–Crippen LogP) is 1.58. The molecular formula is C14H15N3O4. The first-order valence-corrected chi connectivity index (χ1v) is 6.40. The fraction of sp³-hybridized carbons (Fsp3) is 0.286. The van der Waals surface area contributed by atoms with E-state index in [1.165, 1.54) is 13.0 Å². The third-order valence-corrected chi connectivity index (χ3v) is 3.19. The summed E-state index contributed by atoms with van der Waals surface area (Å²) in [7, 11) is 0.